The highest BCUT2D eigenvalue weighted by molar-refractivity contribution is 5.79. The van der Waals surface area contributed by atoms with Crippen molar-refractivity contribution in [2.45, 2.75) is 20.3 Å². The van der Waals surface area contributed by atoms with Gasteiger partial charge in [0.15, 0.2) is 5.82 Å². The number of carbonyl (C=O) groups is 1. The summed E-state index contributed by atoms with van der Waals surface area (Å²) in [5, 5.41) is 4.50. The Bertz CT molecular complexity index is 1040. The number of para-hydroxylation sites is 1. The predicted octanol–water partition coefficient (Wildman–Crippen LogP) is 2.18. The topological polar surface area (TPSA) is 76.4 Å². The molecule has 0 aliphatic carbocycles. The van der Waals surface area contributed by atoms with Crippen LogP contribution in [0.1, 0.15) is 17.0 Å². The Hall–Kier alpha value is -3.42. The van der Waals surface area contributed by atoms with Crippen molar-refractivity contribution in [1.29, 1.82) is 0 Å². The second kappa shape index (κ2) is 8.52. The third-order valence-electron chi connectivity index (χ3n) is 5.36. The Morgan fingerprint density at radius 2 is 1.77 bits per heavy atom. The number of amides is 1. The van der Waals surface area contributed by atoms with Crippen molar-refractivity contribution in [3.63, 3.8) is 0 Å². The van der Waals surface area contributed by atoms with Gasteiger partial charge in [0.05, 0.1) is 19.2 Å². The number of anilines is 1. The third kappa shape index (κ3) is 4.12. The molecule has 1 amide bonds. The molecular formula is C22H26N6O2. The van der Waals surface area contributed by atoms with E-state index in [1.54, 1.807) is 13.4 Å². The number of ether oxygens (including phenoxy) is 1. The van der Waals surface area contributed by atoms with E-state index in [-0.39, 0.29) is 5.91 Å². The Morgan fingerprint density at radius 3 is 2.47 bits per heavy atom. The Balaban J connectivity index is 1.40. The molecule has 2 aromatic heterocycles. The summed E-state index contributed by atoms with van der Waals surface area (Å²) >= 11 is 0. The highest BCUT2D eigenvalue weighted by Crippen LogP contribution is 2.20. The minimum absolute atomic E-state index is 0.116. The molecule has 8 nitrogen and oxygen atoms in total. The van der Waals surface area contributed by atoms with E-state index in [2.05, 4.69) is 20.0 Å². The van der Waals surface area contributed by atoms with Crippen molar-refractivity contribution in [3.05, 3.63) is 59.7 Å². The molecule has 0 atom stereocenters. The van der Waals surface area contributed by atoms with Crippen LogP contribution in [0.15, 0.2) is 42.7 Å². The molecule has 1 aromatic carbocycles. The number of aromatic nitrogens is 4. The predicted molar refractivity (Wildman–Crippen MR) is 114 cm³/mol. The number of aryl methyl sites for hydroxylation is 2. The van der Waals surface area contributed by atoms with Gasteiger partial charge in [-0.2, -0.15) is 5.10 Å². The molecule has 0 bridgehead atoms. The lowest BCUT2D eigenvalue weighted by Crippen LogP contribution is -2.49. The molecular weight excluding hydrogens is 380 g/mol. The zero-order valence-electron chi connectivity index (χ0n) is 17.6. The van der Waals surface area contributed by atoms with E-state index >= 15 is 0 Å². The van der Waals surface area contributed by atoms with Crippen LogP contribution < -0.4 is 9.64 Å². The maximum absolute atomic E-state index is 12.8. The van der Waals surface area contributed by atoms with Crippen molar-refractivity contribution in [3.8, 4) is 11.6 Å². The van der Waals surface area contributed by atoms with Crippen molar-refractivity contribution in [2.75, 3.05) is 38.2 Å². The van der Waals surface area contributed by atoms with Gasteiger partial charge >= 0.3 is 0 Å². The SMILES string of the molecule is COc1ccccc1CC(=O)N1CCN(c2cc(-n3nc(C)cc3C)ncn2)CC1. The lowest BCUT2D eigenvalue weighted by atomic mass is 10.1. The molecule has 4 rings (SSSR count). The van der Waals surface area contributed by atoms with Crippen molar-refractivity contribution in [2.24, 2.45) is 0 Å². The first-order chi connectivity index (χ1) is 14.5. The maximum Gasteiger partial charge on any atom is 0.227 e. The first kappa shape index (κ1) is 19.9. The van der Waals surface area contributed by atoms with E-state index < -0.39 is 0 Å². The van der Waals surface area contributed by atoms with E-state index in [0.29, 0.717) is 19.5 Å². The lowest BCUT2D eigenvalue weighted by Gasteiger charge is -2.35. The van der Waals surface area contributed by atoms with E-state index in [0.717, 1.165) is 47.4 Å². The average Bonchev–Trinajstić information content (AvgIpc) is 3.12. The van der Waals surface area contributed by atoms with Crippen molar-refractivity contribution >= 4 is 11.7 Å². The van der Waals surface area contributed by atoms with E-state index in [4.69, 9.17) is 4.74 Å². The standard InChI is InChI=1S/C22H26N6O2/c1-16-12-17(2)28(25-16)21-14-20(23-15-24-21)26-8-10-27(11-9-26)22(29)13-18-6-4-5-7-19(18)30-3/h4-7,12,14-15H,8-11,13H2,1-3H3. The van der Waals surface area contributed by atoms with Crippen LogP contribution in [-0.2, 0) is 11.2 Å². The summed E-state index contributed by atoms with van der Waals surface area (Å²) in [5.74, 6) is 2.47. The van der Waals surface area contributed by atoms with Gasteiger partial charge in [-0.3, -0.25) is 4.79 Å². The van der Waals surface area contributed by atoms with Crippen molar-refractivity contribution in [1.82, 2.24) is 24.6 Å². The number of nitrogens with zero attached hydrogens (tertiary/aromatic N) is 6. The zero-order valence-corrected chi connectivity index (χ0v) is 17.6. The minimum atomic E-state index is 0.116. The number of rotatable bonds is 5. The molecule has 1 aliphatic rings. The summed E-state index contributed by atoms with van der Waals surface area (Å²) in [6.45, 7) is 6.75. The number of hydrogen-bond acceptors (Lipinski definition) is 6. The first-order valence-corrected chi connectivity index (χ1v) is 10.1. The zero-order chi connectivity index (χ0) is 21.1. The molecule has 0 radical (unpaired) electrons. The largest absolute Gasteiger partial charge is 0.496 e. The number of hydrogen-bond donors (Lipinski definition) is 0. The summed E-state index contributed by atoms with van der Waals surface area (Å²) in [7, 11) is 1.63. The summed E-state index contributed by atoms with van der Waals surface area (Å²) in [4.78, 5) is 25.7. The van der Waals surface area contributed by atoms with Crippen LogP contribution in [0.4, 0.5) is 5.82 Å². The summed E-state index contributed by atoms with van der Waals surface area (Å²) in [6, 6.07) is 11.6. The summed E-state index contributed by atoms with van der Waals surface area (Å²) in [5.41, 5.74) is 2.90. The van der Waals surface area contributed by atoms with Crippen LogP contribution in [0.3, 0.4) is 0 Å². The third-order valence-corrected chi connectivity index (χ3v) is 5.36. The van der Waals surface area contributed by atoms with Gasteiger partial charge in [0, 0.05) is 43.5 Å². The molecule has 3 aromatic rings. The number of methoxy groups -OCH3 is 1. The fourth-order valence-electron chi connectivity index (χ4n) is 3.80. The number of benzene rings is 1. The molecule has 8 heteroatoms. The first-order valence-electron chi connectivity index (χ1n) is 10.1. The van der Waals surface area contributed by atoms with Gasteiger partial charge in [0.1, 0.15) is 17.9 Å². The fourth-order valence-corrected chi connectivity index (χ4v) is 3.80. The average molecular weight is 406 g/mol. The summed E-state index contributed by atoms with van der Waals surface area (Å²) in [6.07, 6.45) is 1.92. The van der Waals surface area contributed by atoms with Gasteiger partial charge in [-0.25, -0.2) is 14.6 Å². The molecule has 1 fully saturated rings. The molecule has 0 spiro atoms. The van der Waals surface area contributed by atoms with Gasteiger partial charge in [-0.05, 0) is 26.0 Å². The van der Waals surface area contributed by atoms with E-state index in [1.165, 1.54) is 0 Å². The fraction of sp³-hybridized carbons (Fsp3) is 0.364. The van der Waals surface area contributed by atoms with Gasteiger partial charge in [-0.1, -0.05) is 18.2 Å². The van der Waals surface area contributed by atoms with Crippen molar-refractivity contribution < 1.29 is 9.53 Å². The Kier molecular flexibility index (Phi) is 5.65. The Labute approximate surface area is 176 Å². The van der Waals surface area contributed by atoms with Crippen LogP contribution >= 0.6 is 0 Å². The van der Waals surface area contributed by atoms with Crippen LogP contribution in [-0.4, -0.2) is 63.8 Å². The molecule has 156 valence electrons. The normalized spacial score (nSPS) is 14.1. The van der Waals surface area contributed by atoms with Gasteiger partial charge < -0.3 is 14.5 Å². The van der Waals surface area contributed by atoms with Gasteiger partial charge in [0.25, 0.3) is 0 Å². The minimum Gasteiger partial charge on any atom is -0.496 e. The second-order valence-corrected chi connectivity index (χ2v) is 7.43. The molecule has 0 saturated carbocycles. The van der Waals surface area contributed by atoms with Crippen LogP contribution in [0.5, 0.6) is 5.75 Å². The highest BCUT2D eigenvalue weighted by atomic mass is 16.5. The number of carbonyl (C=O) groups excluding carboxylic acids is 1. The van der Waals surface area contributed by atoms with E-state index in [1.807, 2.05) is 59.8 Å². The molecule has 30 heavy (non-hydrogen) atoms. The molecule has 0 unspecified atom stereocenters. The lowest BCUT2D eigenvalue weighted by molar-refractivity contribution is -0.130. The highest BCUT2D eigenvalue weighted by Gasteiger charge is 2.23. The quantitative estimate of drug-likeness (QED) is 0.646. The molecule has 1 saturated heterocycles. The van der Waals surface area contributed by atoms with Crippen LogP contribution in [0.2, 0.25) is 0 Å². The smallest absolute Gasteiger partial charge is 0.227 e. The molecule has 1 aliphatic heterocycles. The summed E-state index contributed by atoms with van der Waals surface area (Å²) < 4.78 is 7.19. The molecule has 3 heterocycles. The van der Waals surface area contributed by atoms with Crippen LogP contribution in [0, 0.1) is 13.8 Å². The number of piperazine rings is 1. The molecule has 0 N–H and O–H groups in total. The monoisotopic (exact) mass is 406 g/mol. The van der Waals surface area contributed by atoms with Crippen LogP contribution in [0.25, 0.3) is 5.82 Å². The van der Waals surface area contributed by atoms with Gasteiger partial charge in [-0.15, -0.1) is 0 Å². The Morgan fingerprint density at radius 1 is 1.03 bits per heavy atom. The second-order valence-electron chi connectivity index (χ2n) is 7.43. The van der Waals surface area contributed by atoms with E-state index in [9.17, 15) is 4.79 Å². The maximum atomic E-state index is 12.8. The van der Waals surface area contributed by atoms with Gasteiger partial charge in [0.2, 0.25) is 5.91 Å².